The zero-order valence-electron chi connectivity index (χ0n) is 15.5. The Morgan fingerprint density at radius 1 is 1.07 bits per heavy atom. The molecule has 0 spiro atoms. The summed E-state index contributed by atoms with van der Waals surface area (Å²) in [5.74, 6) is 0.468. The van der Waals surface area contributed by atoms with Crippen LogP contribution >= 0.6 is 0 Å². The highest BCUT2D eigenvalue weighted by atomic mass is 16.3. The molecule has 6 heteroatoms. The van der Waals surface area contributed by atoms with E-state index in [2.05, 4.69) is 50.4 Å². The number of aliphatic hydroxyl groups excluding tert-OH is 1. The van der Waals surface area contributed by atoms with Gasteiger partial charge in [-0.1, -0.05) is 0 Å². The van der Waals surface area contributed by atoms with Crippen LogP contribution in [0.1, 0.15) is 24.1 Å². The summed E-state index contributed by atoms with van der Waals surface area (Å²) in [7, 11) is 0. The molecule has 3 aromatic heterocycles. The highest BCUT2D eigenvalue weighted by Crippen LogP contribution is 2.27. The lowest BCUT2D eigenvalue weighted by atomic mass is 10.1. The molecule has 3 aromatic rings. The summed E-state index contributed by atoms with van der Waals surface area (Å²) in [5, 5.41) is 18.3. The monoisotopic (exact) mass is 365 g/mol. The third-order valence-corrected chi connectivity index (χ3v) is 5.49. The third kappa shape index (κ3) is 4.64. The van der Waals surface area contributed by atoms with Gasteiger partial charge in [0.05, 0.1) is 6.10 Å². The molecule has 1 aliphatic rings. The first-order chi connectivity index (χ1) is 13.3. The first kappa shape index (κ1) is 17.9. The Hall–Kier alpha value is -2.44. The van der Waals surface area contributed by atoms with Crippen molar-refractivity contribution in [3.63, 3.8) is 0 Å². The maximum Gasteiger partial charge on any atom is 0.0696 e. The molecule has 3 heterocycles. The second-order valence-corrected chi connectivity index (χ2v) is 7.42. The molecule has 0 bridgehead atoms. The van der Waals surface area contributed by atoms with E-state index in [0.29, 0.717) is 5.92 Å². The molecule has 0 saturated heterocycles. The van der Waals surface area contributed by atoms with E-state index >= 15 is 0 Å². The summed E-state index contributed by atoms with van der Waals surface area (Å²) in [5.41, 5.74) is 2.55. The lowest BCUT2D eigenvalue weighted by Gasteiger charge is -2.17. The van der Waals surface area contributed by atoms with Crippen LogP contribution in [0.5, 0.6) is 0 Å². The number of aromatic nitrogens is 4. The SMILES string of the molecule is O[C@@H]1CC(Cn2cccn2)C[C@H]1NCc1cccn1CCc1ccncc1. The van der Waals surface area contributed by atoms with Gasteiger partial charge in [0.25, 0.3) is 0 Å². The van der Waals surface area contributed by atoms with Crippen LogP contribution in [-0.2, 0) is 26.1 Å². The van der Waals surface area contributed by atoms with Crippen molar-refractivity contribution in [1.82, 2.24) is 24.6 Å². The molecule has 27 heavy (non-hydrogen) atoms. The number of nitrogens with one attached hydrogen (secondary N) is 1. The summed E-state index contributed by atoms with van der Waals surface area (Å²) in [6, 6.07) is 10.5. The van der Waals surface area contributed by atoms with Crippen LogP contribution in [0.3, 0.4) is 0 Å². The Bertz CT molecular complexity index is 814. The Kier molecular flexibility index (Phi) is 5.65. The van der Waals surface area contributed by atoms with Gasteiger partial charge in [-0.05, 0) is 61.1 Å². The lowest BCUT2D eigenvalue weighted by Crippen LogP contribution is -2.35. The number of pyridine rings is 1. The molecule has 1 aliphatic carbocycles. The molecule has 1 unspecified atom stereocenters. The molecule has 0 aliphatic heterocycles. The molecule has 0 amide bonds. The van der Waals surface area contributed by atoms with Crippen LogP contribution in [0.4, 0.5) is 0 Å². The first-order valence-electron chi connectivity index (χ1n) is 9.70. The van der Waals surface area contributed by atoms with Crippen molar-refractivity contribution in [3.8, 4) is 0 Å². The predicted molar refractivity (Wildman–Crippen MR) is 104 cm³/mol. The summed E-state index contributed by atoms with van der Waals surface area (Å²) in [6.45, 7) is 2.60. The van der Waals surface area contributed by atoms with Crippen molar-refractivity contribution < 1.29 is 5.11 Å². The van der Waals surface area contributed by atoms with Crippen LogP contribution in [0.25, 0.3) is 0 Å². The molecule has 0 radical (unpaired) electrons. The van der Waals surface area contributed by atoms with Crippen molar-refractivity contribution in [1.29, 1.82) is 0 Å². The standard InChI is InChI=1S/C21H27N5O/c27-21-14-18(16-26-11-2-7-24-26)13-20(21)23-15-19-3-1-10-25(19)12-6-17-4-8-22-9-5-17/h1-5,7-11,18,20-21,23,27H,6,12-16H2/t18?,20-,21-/m1/s1. The van der Waals surface area contributed by atoms with Crippen LogP contribution in [0.15, 0.2) is 61.3 Å². The van der Waals surface area contributed by atoms with E-state index in [9.17, 15) is 5.11 Å². The Morgan fingerprint density at radius 2 is 1.96 bits per heavy atom. The van der Waals surface area contributed by atoms with E-state index in [4.69, 9.17) is 0 Å². The minimum Gasteiger partial charge on any atom is -0.391 e. The van der Waals surface area contributed by atoms with E-state index in [1.54, 1.807) is 6.20 Å². The average Bonchev–Trinajstić information content (AvgIpc) is 3.42. The Labute approximate surface area is 159 Å². The maximum atomic E-state index is 10.4. The fourth-order valence-corrected chi connectivity index (χ4v) is 4.02. The quantitative estimate of drug-likeness (QED) is 0.642. The van der Waals surface area contributed by atoms with Gasteiger partial charge in [-0.3, -0.25) is 9.67 Å². The van der Waals surface area contributed by atoms with Crippen molar-refractivity contribution in [2.45, 2.75) is 51.0 Å². The van der Waals surface area contributed by atoms with Gasteiger partial charge in [-0.15, -0.1) is 0 Å². The fraction of sp³-hybridized carbons (Fsp3) is 0.429. The average molecular weight is 365 g/mol. The zero-order chi connectivity index (χ0) is 18.5. The van der Waals surface area contributed by atoms with Gasteiger partial charge in [0.1, 0.15) is 0 Å². The zero-order valence-corrected chi connectivity index (χ0v) is 15.5. The summed E-state index contributed by atoms with van der Waals surface area (Å²) < 4.78 is 4.25. The normalized spacial score (nSPS) is 22.3. The van der Waals surface area contributed by atoms with Crippen LogP contribution in [0.2, 0.25) is 0 Å². The molecular weight excluding hydrogens is 338 g/mol. The Balaban J connectivity index is 1.28. The second kappa shape index (κ2) is 8.50. The first-order valence-corrected chi connectivity index (χ1v) is 9.70. The van der Waals surface area contributed by atoms with Crippen LogP contribution in [-0.4, -0.2) is 36.6 Å². The number of hydrogen-bond donors (Lipinski definition) is 2. The van der Waals surface area contributed by atoms with Crippen LogP contribution in [0, 0.1) is 5.92 Å². The van der Waals surface area contributed by atoms with E-state index in [0.717, 1.165) is 38.9 Å². The van der Waals surface area contributed by atoms with Crippen molar-refractivity contribution in [2.75, 3.05) is 0 Å². The van der Waals surface area contributed by atoms with E-state index < -0.39 is 0 Å². The van der Waals surface area contributed by atoms with Gasteiger partial charge in [0, 0.05) is 62.4 Å². The largest absolute Gasteiger partial charge is 0.391 e. The van der Waals surface area contributed by atoms with Gasteiger partial charge in [-0.2, -0.15) is 5.10 Å². The van der Waals surface area contributed by atoms with Crippen molar-refractivity contribution >= 4 is 0 Å². The topological polar surface area (TPSA) is 67.9 Å². The lowest BCUT2D eigenvalue weighted by molar-refractivity contribution is 0.145. The molecule has 1 saturated carbocycles. The smallest absolute Gasteiger partial charge is 0.0696 e. The predicted octanol–water partition coefficient (Wildman–Crippen LogP) is 2.25. The van der Waals surface area contributed by atoms with Gasteiger partial charge in [0.2, 0.25) is 0 Å². The number of hydrogen-bond acceptors (Lipinski definition) is 4. The van der Waals surface area contributed by atoms with Crippen molar-refractivity contribution in [3.05, 3.63) is 72.6 Å². The van der Waals surface area contributed by atoms with Gasteiger partial charge in [-0.25, -0.2) is 0 Å². The molecule has 4 rings (SSSR count). The van der Waals surface area contributed by atoms with E-state index in [-0.39, 0.29) is 12.1 Å². The summed E-state index contributed by atoms with van der Waals surface area (Å²) in [6.07, 6.45) is 12.1. The summed E-state index contributed by atoms with van der Waals surface area (Å²) in [4.78, 5) is 4.07. The number of nitrogens with zero attached hydrogens (tertiary/aromatic N) is 4. The molecule has 2 N–H and O–H groups in total. The minimum atomic E-state index is -0.286. The number of aryl methyl sites for hydroxylation is 2. The maximum absolute atomic E-state index is 10.4. The van der Waals surface area contributed by atoms with E-state index in [1.807, 2.05) is 29.3 Å². The minimum absolute atomic E-state index is 0.147. The molecule has 142 valence electrons. The summed E-state index contributed by atoms with van der Waals surface area (Å²) >= 11 is 0. The molecule has 3 atom stereocenters. The van der Waals surface area contributed by atoms with Crippen molar-refractivity contribution in [2.24, 2.45) is 5.92 Å². The molecular formula is C21H27N5O. The number of aliphatic hydroxyl groups is 1. The highest BCUT2D eigenvalue weighted by Gasteiger charge is 2.32. The number of rotatable bonds is 8. The molecule has 0 aromatic carbocycles. The second-order valence-electron chi connectivity index (χ2n) is 7.42. The third-order valence-electron chi connectivity index (χ3n) is 5.49. The highest BCUT2D eigenvalue weighted by molar-refractivity contribution is 5.12. The van der Waals surface area contributed by atoms with Gasteiger partial charge in [0.15, 0.2) is 0 Å². The fourth-order valence-electron chi connectivity index (χ4n) is 4.02. The van der Waals surface area contributed by atoms with Gasteiger partial charge < -0.3 is 15.0 Å². The molecule has 6 nitrogen and oxygen atoms in total. The molecule has 1 fully saturated rings. The van der Waals surface area contributed by atoms with Crippen LogP contribution < -0.4 is 5.32 Å². The Morgan fingerprint density at radius 3 is 2.78 bits per heavy atom. The van der Waals surface area contributed by atoms with Gasteiger partial charge >= 0.3 is 0 Å². The van der Waals surface area contributed by atoms with E-state index in [1.165, 1.54) is 11.3 Å².